The molecule has 0 aliphatic rings. The van der Waals surface area contributed by atoms with Gasteiger partial charge in [-0.3, -0.25) is 4.68 Å². The standard InChI is InChI=1S/C19H29N5S/c1-5-20-19(21-9-6-10-24-14-16(3)12-23-24)22-13-17-8-7-15(2)11-18(17)25-4/h7-8,11-12,14H,5-6,9-10,13H2,1-4H3,(H2,20,21,22). The smallest absolute Gasteiger partial charge is 0.191 e. The maximum absolute atomic E-state index is 4.73. The molecule has 1 aromatic heterocycles. The number of hydrogen-bond donors (Lipinski definition) is 2. The Morgan fingerprint density at radius 1 is 1.24 bits per heavy atom. The van der Waals surface area contributed by atoms with Crippen molar-refractivity contribution in [1.82, 2.24) is 20.4 Å². The van der Waals surface area contributed by atoms with Gasteiger partial charge in [-0.1, -0.05) is 12.1 Å². The van der Waals surface area contributed by atoms with E-state index in [1.54, 1.807) is 11.8 Å². The molecule has 1 heterocycles. The number of nitrogens with zero attached hydrogens (tertiary/aromatic N) is 3. The zero-order chi connectivity index (χ0) is 18.1. The van der Waals surface area contributed by atoms with E-state index in [1.807, 2.05) is 10.9 Å². The minimum absolute atomic E-state index is 0.685. The van der Waals surface area contributed by atoms with Crippen molar-refractivity contribution < 1.29 is 0 Å². The van der Waals surface area contributed by atoms with Gasteiger partial charge in [0.15, 0.2) is 5.96 Å². The molecule has 0 bridgehead atoms. The van der Waals surface area contributed by atoms with Gasteiger partial charge in [-0.15, -0.1) is 11.8 Å². The van der Waals surface area contributed by atoms with Crippen LogP contribution in [0.3, 0.4) is 0 Å². The molecule has 2 rings (SSSR count). The molecule has 5 nitrogen and oxygen atoms in total. The Labute approximate surface area is 155 Å². The summed E-state index contributed by atoms with van der Waals surface area (Å²) < 4.78 is 1.98. The molecule has 0 radical (unpaired) electrons. The molecule has 0 saturated carbocycles. The Kier molecular flexibility index (Phi) is 7.85. The van der Waals surface area contributed by atoms with Gasteiger partial charge in [0.2, 0.25) is 0 Å². The molecule has 6 heteroatoms. The van der Waals surface area contributed by atoms with E-state index < -0.39 is 0 Å². The summed E-state index contributed by atoms with van der Waals surface area (Å²) in [5, 5.41) is 11.0. The lowest BCUT2D eigenvalue weighted by Crippen LogP contribution is -2.38. The average Bonchev–Trinajstić information content (AvgIpc) is 3.02. The largest absolute Gasteiger partial charge is 0.357 e. The fraction of sp³-hybridized carbons (Fsp3) is 0.474. The number of thioether (sulfide) groups is 1. The number of hydrogen-bond acceptors (Lipinski definition) is 3. The maximum atomic E-state index is 4.73. The van der Waals surface area contributed by atoms with Crippen molar-refractivity contribution in [3.8, 4) is 0 Å². The lowest BCUT2D eigenvalue weighted by molar-refractivity contribution is 0.570. The summed E-state index contributed by atoms with van der Waals surface area (Å²) in [6.07, 6.45) is 7.08. The molecular formula is C19H29N5S. The van der Waals surface area contributed by atoms with Crippen LogP contribution in [0.5, 0.6) is 0 Å². The van der Waals surface area contributed by atoms with Gasteiger partial charge in [-0.2, -0.15) is 5.10 Å². The molecule has 136 valence electrons. The van der Waals surface area contributed by atoms with Crippen molar-refractivity contribution in [1.29, 1.82) is 0 Å². The van der Waals surface area contributed by atoms with Crippen molar-refractivity contribution >= 4 is 17.7 Å². The molecule has 0 spiro atoms. The minimum atomic E-state index is 0.685. The summed E-state index contributed by atoms with van der Waals surface area (Å²) in [6.45, 7) is 9.59. The molecule has 0 atom stereocenters. The van der Waals surface area contributed by atoms with E-state index in [1.165, 1.54) is 21.6 Å². The normalized spacial score (nSPS) is 11.6. The van der Waals surface area contributed by atoms with Gasteiger partial charge in [0, 0.05) is 30.7 Å². The van der Waals surface area contributed by atoms with Crippen LogP contribution >= 0.6 is 11.8 Å². The number of aliphatic imine (C=N–C) groups is 1. The van der Waals surface area contributed by atoms with Crippen LogP contribution in [0.15, 0.2) is 40.5 Å². The fourth-order valence-corrected chi connectivity index (χ4v) is 3.22. The van der Waals surface area contributed by atoms with E-state index >= 15 is 0 Å². The van der Waals surface area contributed by atoms with Crippen molar-refractivity contribution in [3.05, 3.63) is 47.3 Å². The Bertz CT molecular complexity index is 693. The molecule has 0 amide bonds. The predicted octanol–water partition coefficient (Wildman–Crippen LogP) is 3.37. The summed E-state index contributed by atoms with van der Waals surface area (Å²) >= 11 is 1.78. The van der Waals surface area contributed by atoms with E-state index in [4.69, 9.17) is 4.99 Å². The first-order chi connectivity index (χ1) is 12.1. The van der Waals surface area contributed by atoms with Crippen molar-refractivity contribution in [3.63, 3.8) is 0 Å². The highest BCUT2D eigenvalue weighted by atomic mass is 32.2. The van der Waals surface area contributed by atoms with Crippen LogP contribution in [0.1, 0.15) is 30.0 Å². The number of aryl methyl sites for hydroxylation is 3. The Balaban J connectivity index is 1.87. The van der Waals surface area contributed by atoms with E-state index in [9.17, 15) is 0 Å². The molecule has 0 aliphatic carbocycles. The quantitative estimate of drug-likeness (QED) is 0.328. The Hall–Kier alpha value is -1.95. The first-order valence-corrected chi connectivity index (χ1v) is 9.99. The molecule has 0 unspecified atom stereocenters. The Morgan fingerprint density at radius 2 is 2.08 bits per heavy atom. The molecule has 0 aliphatic heterocycles. The van der Waals surface area contributed by atoms with Crippen LogP contribution in [0.4, 0.5) is 0 Å². The van der Waals surface area contributed by atoms with Gasteiger partial charge in [-0.05, 0) is 56.2 Å². The topological polar surface area (TPSA) is 54.2 Å². The highest BCUT2D eigenvalue weighted by Crippen LogP contribution is 2.22. The van der Waals surface area contributed by atoms with Crippen molar-refractivity contribution in [2.45, 2.75) is 45.2 Å². The maximum Gasteiger partial charge on any atom is 0.191 e. The van der Waals surface area contributed by atoms with Gasteiger partial charge in [-0.25, -0.2) is 4.99 Å². The van der Waals surface area contributed by atoms with Crippen molar-refractivity contribution in [2.75, 3.05) is 19.3 Å². The van der Waals surface area contributed by atoms with E-state index in [0.717, 1.165) is 32.0 Å². The third-order valence-electron chi connectivity index (χ3n) is 3.81. The summed E-state index contributed by atoms with van der Waals surface area (Å²) in [7, 11) is 0. The van der Waals surface area contributed by atoms with Gasteiger partial charge >= 0.3 is 0 Å². The summed E-state index contributed by atoms with van der Waals surface area (Å²) in [5.74, 6) is 0.867. The van der Waals surface area contributed by atoms with Gasteiger partial charge in [0.1, 0.15) is 0 Å². The highest BCUT2D eigenvalue weighted by Gasteiger charge is 2.03. The molecule has 2 aromatic rings. The first kappa shape index (κ1) is 19.4. The minimum Gasteiger partial charge on any atom is -0.357 e. The summed E-state index contributed by atoms with van der Waals surface area (Å²) in [6, 6.07) is 6.55. The summed E-state index contributed by atoms with van der Waals surface area (Å²) in [5.41, 5.74) is 3.75. The zero-order valence-corrected chi connectivity index (χ0v) is 16.5. The number of rotatable bonds is 8. The monoisotopic (exact) mass is 359 g/mol. The number of aromatic nitrogens is 2. The van der Waals surface area contributed by atoms with Gasteiger partial charge < -0.3 is 10.6 Å². The van der Waals surface area contributed by atoms with E-state index in [2.05, 4.69) is 67.2 Å². The zero-order valence-electron chi connectivity index (χ0n) is 15.7. The second-order valence-electron chi connectivity index (χ2n) is 6.07. The van der Waals surface area contributed by atoms with Crippen LogP contribution in [-0.2, 0) is 13.1 Å². The van der Waals surface area contributed by atoms with E-state index in [-0.39, 0.29) is 0 Å². The first-order valence-electron chi connectivity index (χ1n) is 8.77. The second-order valence-corrected chi connectivity index (χ2v) is 6.92. The van der Waals surface area contributed by atoms with Gasteiger partial charge in [0.05, 0.1) is 12.7 Å². The molecule has 0 saturated heterocycles. The number of benzene rings is 1. The van der Waals surface area contributed by atoms with Crippen LogP contribution in [0, 0.1) is 13.8 Å². The van der Waals surface area contributed by atoms with E-state index in [0.29, 0.717) is 6.54 Å². The second kappa shape index (κ2) is 10.1. The molecule has 25 heavy (non-hydrogen) atoms. The van der Waals surface area contributed by atoms with Crippen molar-refractivity contribution in [2.24, 2.45) is 4.99 Å². The molecular weight excluding hydrogens is 330 g/mol. The lowest BCUT2D eigenvalue weighted by Gasteiger charge is -2.12. The SMILES string of the molecule is CCNC(=NCc1ccc(C)cc1SC)NCCCn1cc(C)cn1. The van der Waals surface area contributed by atoms with Crippen LogP contribution < -0.4 is 10.6 Å². The number of nitrogens with one attached hydrogen (secondary N) is 2. The third-order valence-corrected chi connectivity index (χ3v) is 4.63. The molecule has 0 fully saturated rings. The highest BCUT2D eigenvalue weighted by molar-refractivity contribution is 7.98. The predicted molar refractivity (Wildman–Crippen MR) is 107 cm³/mol. The molecule has 1 aromatic carbocycles. The van der Waals surface area contributed by atoms with Gasteiger partial charge in [0.25, 0.3) is 0 Å². The Morgan fingerprint density at radius 3 is 2.76 bits per heavy atom. The number of guanidine groups is 1. The molecule has 2 N–H and O–H groups in total. The average molecular weight is 360 g/mol. The third kappa shape index (κ3) is 6.46. The summed E-state index contributed by atoms with van der Waals surface area (Å²) in [4.78, 5) is 6.03. The lowest BCUT2D eigenvalue weighted by atomic mass is 10.1. The van der Waals surface area contributed by atoms with Crippen LogP contribution in [0.25, 0.3) is 0 Å². The van der Waals surface area contributed by atoms with Crippen LogP contribution in [-0.4, -0.2) is 35.1 Å². The van der Waals surface area contributed by atoms with Crippen LogP contribution in [0.2, 0.25) is 0 Å². The fourth-order valence-electron chi connectivity index (χ4n) is 2.53.